The molecule has 1 aromatic rings. The van der Waals surface area contributed by atoms with Crippen molar-refractivity contribution in [1.82, 2.24) is 40.2 Å². The third kappa shape index (κ3) is 22.1. The van der Waals surface area contributed by atoms with E-state index in [1.165, 1.54) is 14.7 Å². The van der Waals surface area contributed by atoms with Crippen LogP contribution in [-0.4, -0.2) is 148 Å². The highest BCUT2D eigenvalue weighted by Crippen LogP contribution is 2.32. The number of ketones is 4. The molecule has 4 atom stereocenters. The average Bonchev–Trinajstić information content (AvgIpc) is 4.19. The number of rotatable bonds is 15. The molecule has 0 radical (unpaired) electrons. The number of nitrogens with one attached hydrogen (secondary N) is 1. The van der Waals surface area contributed by atoms with Gasteiger partial charge in [0.15, 0.2) is 5.82 Å². The van der Waals surface area contributed by atoms with Crippen LogP contribution in [0.4, 0.5) is 0 Å². The SMILES string of the molecule is C.C.C.C.C.C.C.C.C.CCC(C)(C)C(=O)C(=O)N1CCC[C@H]1C#N.CCC(C)(C)C(=O)C(=O)N1CCC[C@H]1C(=O)O.CCC(C)(C)C(=O)C(=O)N1CCC[C@H]1C(N)=O.CCC(C)(C)C(=O)C(=O)N1CCC[C@H]1c1nn[nH]n1. The van der Waals surface area contributed by atoms with Gasteiger partial charge < -0.3 is 30.4 Å². The number of H-pyrrole nitrogens is 1. The fourth-order valence-electron chi connectivity index (χ4n) is 7.63. The Kier molecular flexibility index (Phi) is 43.0. The van der Waals surface area contributed by atoms with Gasteiger partial charge in [-0.2, -0.15) is 10.5 Å². The first-order valence-electron chi connectivity index (χ1n) is 24.1. The molecule has 4 N–H and O–H groups in total. The highest BCUT2D eigenvalue weighted by atomic mass is 16.4. The van der Waals surface area contributed by atoms with Gasteiger partial charge in [-0.25, -0.2) is 4.79 Å². The van der Waals surface area contributed by atoms with Gasteiger partial charge in [-0.1, -0.05) is 155 Å². The molecular weight excluding hydrogens is 1000 g/mol. The summed E-state index contributed by atoms with van der Waals surface area (Å²) in [7, 11) is 0. The smallest absolute Gasteiger partial charge is 0.326 e. The largest absolute Gasteiger partial charge is 0.480 e. The quantitative estimate of drug-likeness (QED) is 0.138. The van der Waals surface area contributed by atoms with Crippen molar-refractivity contribution >= 4 is 58.6 Å². The lowest BCUT2D eigenvalue weighted by molar-refractivity contribution is -0.154. The van der Waals surface area contributed by atoms with Crippen LogP contribution < -0.4 is 5.73 Å². The summed E-state index contributed by atoms with van der Waals surface area (Å²) < 4.78 is 0. The Hall–Kier alpha value is -5.94. The second-order valence-corrected chi connectivity index (χ2v) is 20.5. The van der Waals surface area contributed by atoms with E-state index < -0.39 is 86.9 Å². The number of aromatic amines is 1. The van der Waals surface area contributed by atoms with Crippen molar-refractivity contribution in [3.05, 3.63) is 5.82 Å². The second-order valence-electron chi connectivity index (χ2n) is 20.5. The molecule has 21 nitrogen and oxygen atoms in total. The van der Waals surface area contributed by atoms with E-state index in [9.17, 15) is 47.9 Å². The van der Waals surface area contributed by atoms with Crippen molar-refractivity contribution in [3.8, 4) is 6.07 Å². The number of nitrogens with zero attached hydrogens (tertiary/aromatic N) is 8. The fourth-order valence-corrected chi connectivity index (χ4v) is 7.63. The van der Waals surface area contributed by atoms with Gasteiger partial charge in [-0.15, -0.1) is 10.2 Å². The number of carbonyl (C=O) groups excluding carboxylic acids is 9. The number of carboxylic acids is 1. The van der Waals surface area contributed by atoms with E-state index in [0.717, 1.165) is 25.7 Å². The van der Waals surface area contributed by atoms with E-state index in [0.29, 0.717) is 83.4 Å². The van der Waals surface area contributed by atoms with Crippen molar-refractivity contribution in [2.45, 2.75) is 251 Å². The van der Waals surface area contributed by atoms with E-state index in [4.69, 9.17) is 16.1 Å². The van der Waals surface area contributed by atoms with Crippen molar-refractivity contribution < 1.29 is 53.1 Å². The summed E-state index contributed by atoms with van der Waals surface area (Å²) in [5.74, 6) is -4.87. The van der Waals surface area contributed by atoms with Crippen LogP contribution >= 0.6 is 0 Å². The van der Waals surface area contributed by atoms with Crippen LogP contribution in [0.25, 0.3) is 0 Å². The van der Waals surface area contributed by atoms with E-state index in [1.54, 1.807) is 60.3 Å². The lowest BCUT2D eigenvalue weighted by Gasteiger charge is -2.26. The minimum atomic E-state index is -1.03. The number of amides is 5. The summed E-state index contributed by atoms with van der Waals surface area (Å²) >= 11 is 0. The van der Waals surface area contributed by atoms with Gasteiger partial charge >= 0.3 is 5.97 Å². The molecule has 21 heteroatoms. The number of hydrogen-bond acceptors (Lipinski definition) is 14. The number of aliphatic carboxylic acids is 1. The zero-order valence-corrected chi connectivity index (χ0v) is 42.8. The number of Topliss-reactive ketones (excluding diaryl/α,β-unsaturated/α-hetero) is 4. The van der Waals surface area contributed by atoms with Crippen molar-refractivity contribution in [1.29, 1.82) is 5.26 Å². The molecule has 4 fully saturated rings. The van der Waals surface area contributed by atoms with Crippen LogP contribution in [0, 0.1) is 33.0 Å². The first kappa shape index (κ1) is 88.7. The number of likely N-dealkylation sites (tertiary alicyclic amines) is 4. The Morgan fingerprint density at radius 1 is 0.526 bits per heavy atom. The zero-order valence-electron chi connectivity index (χ0n) is 42.8. The number of nitriles is 1. The Bertz CT molecular complexity index is 2030. The summed E-state index contributed by atoms with van der Waals surface area (Å²) in [4.78, 5) is 124. The first-order chi connectivity index (χ1) is 32.0. The molecule has 78 heavy (non-hydrogen) atoms. The molecule has 456 valence electrons. The number of aromatic nitrogens is 4. The minimum absolute atomic E-state index is 0. The second kappa shape index (κ2) is 37.8. The van der Waals surface area contributed by atoms with Gasteiger partial charge in [0.05, 0.1) is 12.1 Å². The Balaban J connectivity index is -0.000000135. The average molecular weight is 1110 g/mol. The molecule has 5 heterocycles. The van der Waals surface area contributed by atoms with E-state index in [-0.39, 0.29) is 84.4 Å². The Morgan fingerprint density at radius 3 is 1.17 bits per heavy atom. The molecule has 0 aromatic carbocycles. The summed E-state index contributed by atoms with van der Waals surface area (Å²) in [6.07, 6.45) is 7.88. The van der Waals surface area contributed by atoms with Crippen LogP contribution in [0.1, 0.15) is 239 Å². The van der Waals surface area contributed by atoms with Crippen molar-refractivity contribution in [2.75, 3.05) is 26.2 Å². The number of nitrogens with two attached hydrogens (primary N) is 1. The molecule has 4 aliphatic rings. The Morgan fingerprint density at radius 2 is 0.833 bits per heavy atom. The van der Waals surface area contributed by atoms with Gasteiger partial charge in [-0.05, 0) is 77.0 Å². The zero-order chi connectivity index (χ0) is 52.8. The number of hydrogen-bond donors (Lipinski definition) is 3. The maximum atomic E-state index is 12.3. The molecule has 4 aliphatic heterocycles. The van der Waals surface area contributed by atoms with Crippen molar-refractivity contribution in [3.63, 3.8) is 0 Å². The van der Waals surface area contributed by atoms with Gasteiger partial charge in [0, 0.05) is 47.8 Å². The van der Waals surface area contributed by atoms with Gasteiger partial charge in [-0.3, -0.25) is 43.2 Å². The minimum Gasteiger partial charge on any atom is -0.480 e. The summed E-state index contributed by atoms with van der Waals surface area (Å²) in [5, 5.41) is 31.6. The van der Waals surface area contributed by atoms with Crippen LogP contribution in [0.15, 0.2) is 0 Å². The molecule has 0 spiro atoms. The van der Waals surface area contributed by atoms with Gasteiger partial charge in [0.2, 0.25) is 29.0 Å². The van der Waals surface area contributed by atoms with Gasteiger partial charge in [0.1, 0.15) is 18.1 Å². The van der Waals surface area contributed by atoms with E-state index >= 15 is 0 Å². The molecule has 0 unspecified atom stereocenters. The monoisotopic (exact) mass is 1110 g/mol. The Labute approximate surface area is 472 Å². The number of tetrazole rings is 1. The van der Waals surface area contributed by atoms with Crippen molar-refractivity contribution in [2.24, 2.45) is 27.4 Å². The predicted octanol–water partition coefficient (Wildman–Crippen LogP) is 9.63. The lowest BCUT2D eigenvalue weighted by atomic mass is 9.84. The topological polar surface area (TPSA) is 308 Å². The number of primary amides is 1. The maximum Gasteiger partial charge on any atom is 0.326 e. The van der Waals surface area contributed by atoms with Crippen LogP contribution in [-0.2, 0) is 47.9 Å². The highest BCUT2D eigenvalue weighted by Gasteiger charge is 2.44. The molecule has 4 saturated heterocycles. The molecule has 0 aliphatic carbocycles. The molecule has 0 saturated carbocycles. The fraction of sp³-hybridized carbons (Fsp3) is 0.789. The van der Waals surface area contributed by atoms with E-state index in [1.807, 2.05) is 27.7 Å². The molecular formula is C57H112N10O11. The van der Waals surface area contributed by atoms with Crippen LogP contribution in [0.5, 0.6) is 0 Å². The predicted molar refractivity (Wildman–Crippen MR) is 311 cm³/mol. The van der Waals surface area contributed by atoms with Crippen LogP contribution in [0.2, 0.25) is 0 Å². The molecule has 1 aromatic heterocycles. The highest BCUT2D eigenvalue weighted by molar-refractivity contribution is 6.39. The standard InChI is InChI=1S/C12H19N5O2.C12H20N2O3.C12H18N2O2.C12H19NO4.9CH4/c1-4-12(2,3)9(18)11(19)17-7-5-6-8(17)10-13-15-16-14-10;1-4-12(2,3)9(15)11(17)14-7-5-6-8(14)10(13)16;1-4-12(2,3)10(15)11(16)14-7-5-6-9(14)8-13;1-4-12(2,3)9(14)10(15)13-7-5-6-8(13)11(16)17;;;;;;;;;/h8H,4-7H2,1-3H3,(H,13,14,15,16);8H,4-7H2,1-3H3,(H2,13,16);9H,4-7H2,1-3H3;8H,4-7H2,1-3H3,(H,16,17);9*1H4/t2*8-;9-;8-;;;;;;;;;/m0000........./s1. The third-order valence-electron chi connectivity index (χ3n) is 14.2. The van der Waals surface area contributed by atoms with Gasteiger partial charge in [0.25, 0.3) is 23.6 Å². The summed E-state index contributed by atoms with van der Waals surface area (Å²) in [5.41, 5.74) is 2.58. The molecule has 5 amide bonds. The number of carbonyl (C=O) groups is 10. The summed E-state index contributed by atoms with van der Waals surface area (Å²) in [6, 6.07) is -0.0203. The normalized spacial score (nSPS) is 17.9. The first-order valence-corrected chi connectivity index (χ1v) is 24.1. The molecule has 0 bridgehead atoms. The maximum absolute atomic E-state index is 12.3. The van der Waals surface area contributed by atoms with Crippen LogP contribution in [0.3, 0.4) is 0 Å². The lowest BCUT2D eigenvalue weighted by Crippen LogP contribution is -2.49. The molecule has 5 rings (SSSR count). The summed E-state index contributed by atoms with van der Waals surface area (Å²) in [6.45, 7) is 23.4. The number of carboxylic acid groups (broad SMARTS) is 1. The van der Waals surface area contributed by atoms with E-state index in [2.05, 4.69) is 26.7 Å². The third-order valence-corrected chi connectivity index (χ3v) is 14.2.